The van der Waals surface area contributed by atoms with Crippen molar-refractivity contribution >= 4 is 50.0 Å². The summed E-state index contributed by atoms with van der Waals surface area (Å²) in [4.78, 5) is 0. The predicted molar refractivity (Wildman–Crippen MR) is 221 cm³/mol. The Labute approximate surface area is 317 Å². The van der Waals surface area contributed by atoms with Gasteiger partial charge in [0.1, 0.15) is 0 Å². The molecule has 0 saturated heterocycles. The van der Waals surface area contributed by atoms with E-state index >= 15 is 0 Å². The number of rotatable bonds is 6. The van der Waals surface area contributed by atoms with Crippen LogP contribution in [0.25, 0.3) is 65.3 Å². The van der Waals surface area contributed by atoms with Crippen LogP contribution in [0.5, 0.6) is 0 Å². The quantitative estimate of drug-likeness (QED) is 0.118. The van der Waals surface area contributed by atoms with Crippen LogP contribution in [0.1, 0.15) is 56.2 Å². The van der Waals surface area contributed by atoms with Gasteiger partial charge in [0, 0.05) is 0 Å². The molecule has 0 unspecified atom stereocenters. The number of fused-ring (bicyclic) bond motifs is 4. The van der Waals surface area contributed by atoms with E-state index in [0.29, 0.717) is 5.92 Å². The molecule has 8 aromatic carbocycles. The number of aryl methyl sites for hydroxylation is 2. The number of unbranched alkanes of at least 4 members (excludes halogenated alkanes) is 1. The van der Waals surface area contributed by atoms with E-state index in [1.165, 1.54) is 125 Å². The van der Waals surface area contributed by atoms with E-state index in [1.54, 1.807) is 0 Å². The van der Waals surface area contributed by atoms with Crippen LogP contribution in [0.3, 0.4) is 0 Å². The zero-order chi connectivity index (χ0) is 33.6. The van der Waals surface area contributed by atoms with Crippen molar-refractivity contribution in [1.29, 1.82) is 0 Å². The molecule has 0 aliphatic rings. The Morgan fingerprint density at radius 3 is 1.68 bits per heavy atom. The second-order valence-corrected chi connectivity index (χ2v) is 13.0. The first-order valence-electron chi connectivity index (χ1n) is 17.1. The van der Waals surface area contributed by atoms with E-state index in [2.05, 4.69) is 174 Å². The molecule has 0 amide bonds. The molecule has 2 heteroatoms. The van der Waals surface area contributed by atoms with Crippen molar-refractivity contribution in [3.63, 3.8) is 0 Å². The molecular formula is C48H48SiZr-4. The van der Waals surface area contributed by atoms with Crippen LogP contribution >= 0.6 is 0 Å². The number of hydrogen-bond acceptors (Lipinski definition) is 0. The van der Waals surface area contributed by atoms with Gasteiger partial charge in [-0.3, -0.25) is 0 Å². The van der Waals surface area contributed by atoms with Gasteiger partial charge in [0.15, 0.2) is 0 Å². The van der Waals surface area contributed by atoms with Crippen LogP contribution in [0.4, 0.5) is 0 Å². The number of hydrogen-bond donors (Lipinski definition) is 0. The fourth-order valence-electron chi connectivity index (χ4n) is 7.07. The standard InChI is InChI=1S/C24H23.C22H19.2CH3.Si.Zr/c1-3-4-8-19-13-14-22(24-16-17(2)15-23(19)24)21-12-7-10-18-9-5-6-11-20(18)21;1-15(2)18-13-17-9-6-12-21(22(17)14-18)20-11-5-8-16-7-3-4-10-19(16)20;;;;/h5-7,9-16H,3-4,8H2,1-2H3;3-15H,1-2H3;2*1H3;;/q4*-1;;. The Morgan fingerprint density at radius 2 is 1.10 bits per heavy atom. The Kier molecular flexibility index (Phi) is 13.9. The average Bonchev–Trinajstić information content (AvgIpc) is 3.75. The van der Waals surface area contributed by atoms with Gasteiger partial charge in [0.2, 0.25) is 0 Å². The van der Waals surface area contributed by atoms with Gasteiger partial charge in [-0.15, -0.1) is 68.6 Å². The molecule has 0 bridgehead atoms. The molecule has 0 aliphatic carbocycles. The van der Waals surface area contributed by atoms with Crippen LogP contribution in [-0.4, -0.2) is 6.88 Å². The Bertz CT molecular complexity index is 2300. The van der Waals surface area contributed by atoms with Crippen molar-refractivity contribution in [2.24, 2.45) is 0 Å². The van der Waals surface area contributed by atoms with Crippen molar-refractivity contribution < 1.29 is 23.3 Å². The van der Waals surface area contributed by atoms with Gasteiger partial charge in [-0.25, -0.2) is 0 Å². The summed E-state index contributed by atoms with van der Waals surface area (Å²) in [5, 5.41) is 10.8. The maximum absolute atomic E-state index is 3.06. The molecule has 252 valence electrons. The van der Waals surface area contributed by atoms with Crippen LogP contribution < -0.4 is 0 Å². The van der Waals surface area contributed by atoms with Crippen molar-refractivity contribution in [1.82, 2.24) is 0 Å². The predicted octanol–water partition coefficient (Wildman–Crippen LogP) is 14.0. The first-order valence-corrected chi connectivity index (χ1v) is 21.3. The van der Waals surface area contributed by atoms with Crippen molar-refractivity contribution in [3.05, 3.63) is 171 Å². The SMILES string of the molecule is CC(C)c1cc2c(-c3cccc4ccccc34)cccc2[cH-]1.CCCCc1ccc(-c2cccc3ccccc23)c2cc(C)[cH-]c12.[CH3-].[CH3-].[Si]=[Zr]. The molecule has 0 N–H and O–H groups in total. The molecule has 2 radical (unpaired) electrons. The minimum atomic E-state index is 0. The van der Waals surface area contributed by atoms with Crippen LogP contribution in [-0.2, 0) is 29.8 Å². The monoisotopic (exact) mass is 742 g/mol. The molecule has 0 aromatic heterocycles. The summed E-state index contributed by atoms with van der Waals surface area (Å²) in [5.41, 5.74) is 9.62. The molecule has 0 nitrogen and oxygen atoms in total. The average molecular weight is 744 g/mol. The van der Waals surface area contributed by atoms with Crippen molar-refractivity contribution in [2.45, 2.75) is 52.9 Å². The van der Waals surface area contributed by atoms with E-state index in [-0.39, 0.29) is 14.9 Å². The topological polar surface area (TPSA) is 0 Å². The van der Waals surface area contributed by atoms with Crippen LogP contribution in [0, 0.1) is 21.8 Å². The summed E-state index contributed by atoms with van der Waals surface area (Å²) in [6.07, 6.45) is 3.67. The Balaban J connectivity index is 0.000000207. The molecule has 0 spiro atoms. The molecular weight excluding hydrogens is 696 g/mol. The third-order valence-electron chi connectivity index (χ3n) is 9.52. The fourth-order valence-corrected chi connectivity index (χ4v) is 7.07. The third kappa shape index (κ3) is 8.04. The van der Waals surface area contributed by atoms with Gasteiger partial charge in [-0.2, -0.15) is 12.1 Å². The Hall–Kier alpha value is -3.84. The van der Waals surface area contributed by atoms with E-state index in [0.717, 1.165) is 0 Å². The van der Waals surface area contributed by atoms with Crippen molar-refractivity contribution in [2.75, 3.05) is 0 Å². The first-order chi connectivity index (χ1) is 23.5. The van der Waals surface area contributed by atoms with Gasteiger partial charge in [-0.1, -0.05) is 155 Å². The van der Waals surface area contributed by atoms with Gasteiger partial charge < -0.3 is 14.9 Å². The van der Waals surface area contributed by atoms with Crippen LogP contribution in [0.15, 0.2) is 140 Å². The molecule has 0 atom stereocenters. The fraction of sp³-hybridized carbons (Fsp3) is 0.167. The molecule has 8 rings (SSSR count). The first kappa shape index (κ1) is 39.0. The van der Waals surface area contributed by atoms with E-state index in [4.69, 9.17) is 0 Å². The molecule has 8 aromatic rings. The summed E-state index contributed by atoms with van der Waals surface area (Å²) >= 11 is 1.36. The van der Waals surface area contributed by atoms with Gasteiger partial charge in [-0.05, 0) is 38.6 Å². The zero-order valence-electron chi connectivity index (χ0n) is 30.5. The van der Waals surface area contributed by atoms with Gasteiger partial charge in [0.25, 0.3) is 0 Å². The third-order valence-corrected chi connectivity index (χ3v) is 9.52. The van der Waals surface area contributed by atoms with Crippen molar-refractivity contribution in [3.8, 4) is 22.3 Å². The molecule has 0 aliphatic heterocycles. The second-order valence-electron chi connectivity index (χ2n) is 13.0. The molecule has 0 fully saturated rings. The summed E-state index contributed by atoms with van der Waals surface area (Å²) in [6.45, 7) is 12.0. The maximum atomic E-state index is 3.06. The summed E-state index contributed by atoms with van der Waals surface area (Å²) < 4.78 is 0. The summed E-state index contributed by atoms with van der Waals surface area (Å²) in [5.74, 6) is 0.563. The second kappa shape index (κ2) is 17.9. The summed E-state index contributed by atoms with van der Waals surface area (Å²) in [7, 11) is 0. The van der Waals surface area contributed by atoms with Gasteiger partial charge in [0.05, 0.1) is 0 Å². The number of benzene rings is 6. The Morgan fingerprint density at radius 1 is 0.580 bits per heavy atom. The van der Waals surface area contributed by atoms with Crippen LogP contribution in [0.2, 0.25) is 0 Å². The zero-order valence-corrected chi connectivity index (χ0v) is 33.9. The molecule has 0 heterocycles. The molecule has 50 heavy (non-hydrogen) atoms. The van der Waals surface area contributed by atoms with E-state index in [1.807, 2.05) is 0 Å². The van der Waals surface area contributed by atoms with E-state index in [9.17, 15) is 0 Å². The molecule has 0 saturated carbocycles. The minimum absolute atomic E-state index is 0. The van der Waals surface area contributed by atoms with E-state index < -0.39 is 0 Å². The normalized spacial score (nSPS) is 10.6. The van der Waals surface area contributed by atoms with Gasteiger partial charge >= 0.3 is 30.2 Å². The summed E-state index contributed by atoms with van der Waals surface area (Å²) in [6, 6.07) is 51.2.